The molecule has 0 bridgehead atoms. The van der Waals surface area contributed by atoms with Crippen LogP contribution < -0.4 is 5.32 Å². The zero-order valence-corrected chi connectivity index (χ0v) is 14.3. The van der Waals surface area contributed by atoms with Gasteiger partial charge in [-0.25, -0.2) is 0 Å². The molecule has 0 aromatic heterocycles. The number of nitrogens with zero attached hydrogens (tertiary/aromatic N) is 1. The lowest BCUT2D eigenvalue weighted by Crippen LogP contribution is -2.44. The van der Waals surface area contributed by atoms with Crippen molar-refractivity contribution in [3.8, 4) is 0 Å². The van der Waals surface area contributed by atoms with Crippen molar-refractivity contribution in [2.24, 2.45) is 0 Å². The van der Waals surface area contributed by atoms with Crippen LogP contribution >= 0.6 is 11.8 Å². The molecule has 1 amide bonds. The zero-order valence-electron chi connectivity index (χ0n) is 13.4. The van der Waals surface area contributed by atoms with Crippen molar-refractivity contribution < 1.29 is 22.7 Å². The Labute approximate surface area is 143 Å². The number of hydrogen-bond acceptors (Lipinski definition) is 4. The normalized spacial score (nSPS) is 17.5. The van der Waals surface area contributed by atoms with Gasteiger partial charge in [0.2, 0.25) is 5.91 Å². The largest absolute Gasteiger partial charge is 0.442 e. The molecule has 24 heavy (non-hydrogen) atoms. The second kappa shape index (κ2) is 8.73. The SMILES string of the molecule is Cc1ccc(C(CNC(=O)CSC(F)(F)F)N2CCOCC2)cc1. The van der Waals surface area contributed by atoms with E-state index in [9.17, 15) is 18.0 Å². The molecule has 1 N–H and O–H groups in total. The number of benzene rings is 1. The molecule has 0 aliphatic carbocycles. The molecule has 1 aliphatic heterocycles. The molecule has 1 aromatic rings. The second-order valence-corrected chi connectivity index (χ2v) is 6.65. The van der Waals surface area contributed by atoms with Crippen LogP contribution in [0.3, 0.4) is 0 Å². The number of rotatable bonds is 6. The third kappa shape index (κ3) is 6.33. The monoisotopic (exact) mass is 362 g/mol. The summed E-state index contributed by atoms with van der Waals surface area (Å²) in [5.41, 5.74) is -2.23. The lowest BCUT2D eigenvalue weighted by Gasteiger charge is -2.35. The van der Waals surface area contributed by atoms with Gasteiger partial charge in [0.15, 0.2) is 0 Å². The molecule has 1 atom stereocenters. The van der Waals surface area contributed by atoms with Crippen LogP contribution in [0.1, 0.15) is 17.2 Å². The Morgan fingerprint density at radius 3 is 2.50 bits per heavy atom. The van der Waals surface area contributed by atoms with Crippen LogP contribution in [0.2, 0.25) is 0 Å². The van der Waals surface area contributed by atoms with Crippen molar-refractivity contribution in [1.82, 2.24) is 10.2 Å². The molecule has 8 heteroatoms. The number of nitrogens with one attached hydrogen (secondary N) is 1. The average molecular weight is 362 g/mol. The number of carbonyl (C=O) groups excluding carboxylic acids is 1. The number of halogens is 3. The Hall–Kier alpha value is -1.25. The van der Waals surface area contributed by atoms with E-state index in [0.29, 0.717) is 13.2 Å². The first-order chi connectivity index (χ1) is 11.3. The molecule has 1 saturated heterocycles. The topological polar surface area (TPSA) is 41.6 Å². The van der Waals surface area contributed by atoms with Crippen LogP contribution in [0, 0.1) is 6.92 Å². The molecule has 1 unspecified atom stereocenters. The average Bonchev–Trinajstić information content (AvgIpc) is 2.55. The zero-order chi connectivity index (χ0) is 17.6. The van der Waals surface area contributed by atoms with Crippen LogP contribution in [-0.2, 0) is 9.53 Å². The van der Waals surface area contributed by atoms with Crippen molar-refractivity contribution in [3.63, 3.8) is 0 Å². The summed E-state index contributed by atoms with van der Waals surface area (Å²) in [6.45, 7) is 4.95. The van der Waals surface area contributed by atoms with Crippen molar-refractivity contribution >= 4 is 17.7 Å². The van der Waals surface area contributed by atoms with Gasteiger partial charge in [0.25, 0.3) is 0 Å². The van der Waals surface area contributed by atoms with E-state index in [1.807, 2.05) is 31.2 Å². The summed E-state index contributed by atoms with van der Waals surface area (Å²) < 4.78 is 41.9. The highest BCUT2D eigenvalue weighted by Crippen LogP contribution is 2.29. The minimum absolute atomic E-state index is 0.0747. The summed E-state index contributed by atoms with van der Waals surface area (Å²) in [6.07, 6.45) is 0. The van der Waals surface area contributed by atoms with Gasteiger partial charge < -0.3 is 10.1 Å². The molecular formula is C16H21F3N2O2S. The summed E-state index contributed by atoms with van der Waals surface area (Å²) in [6, 6.07) is 7.89. The van der Waals surface area contributed by atoms with Crippen LogP contribution in [0.25, 0.3) is 0 Å². The first-order valence-electron chi connectivity index (χ1n) is 7.71. The van der Waals surface area contributed by atoms with E-state index in [4.69, 9.17) is 4.74 Å². The number of thioether (sulfide) groups is 1. The summed E-state index contributed by atoms with van der Waals surface area (Å²) in [7, 11) is 0. The van der Waals surface area contributed by atoms with E-state index in [0.717, 1.165) is 24.2 Å². The van der Waals surface area contributed by atoms with Crippen LogP contribution in [0.15, 0.2) is 24.3 Å². The van der Waals surface area contributed by atoms with Crippen molar-refractivity contribution in [3.05, 3.63) is 35.4 Å². The Morgan fingerprint density at radius 2 is 1.92 bits per heavy atom. The van der Waals surface area contributed by atoms with Crippen molar-refractivity contribution in [2.45, 2.75) is 18.5 Å². The minimum atomic E-state index is -4.39. The van der Waals surface area contributed by atoms with Gasteiger partial charge in [0.1, 0.15) is 0 Å². The highest BCUT2D eigenvalue weighted by atomic mass is 32.2. The van der Waals surface area contributed by atoms with E-state index in [1.54, 1.807) is 0 Å². The van der Waals surface area contributed by atoms with E-state index in [1.165, 1.54) is 0 Å². The van der Waals surface area contributed by atoms with Gasteiger partial charge in [-0.05, 0) is 24.2 Å². The molecule has 1 heterocycles. The van der Waals surface area contributed by atoms with Gasteiger partial charge in [-0.1, -0.05) is 29.8 Å². The molecule has 0 saturated carbocycles. The standard InChI is InChI=1S/C16H21F3N2O2S/c1-12-2-4-13(5-3-12)14(21-6-8-23-9-7-21)10-20-15(22)11-24-16(17,18)19/h2-5,14H,6-11H2,1H3,(H,20,22). The molecule has 134 valence electrons. The number of amides is 1. The number of hydrogen-bond donors (Lipinski definition) is 1. The third-order valence-corrected chi connectivity index (χ3v) is 4.54. The molecule has 0 radical (unpaired) electrons. The summed E-state index contributed by atoms with van der Waals surface area (Å²) >= 11 is -0.319. The highest BCUT2D eigenvalue weighted by Gasteiger charge is 2.29. The van der Waals surface area contributed by atoms with Crippen molar-refractivity contribution in [1.29, 1.82) is 0 Å². The van der Waals surface area contributed by atoms with Crippen LogP contribution in [0.5, 0.6) is 0 Å². The summed E-state index contributed by atoms with van der Waals surface area (Å²) in [5, 5.41) is 2.62. The number of carbonyl (C=O) groups is 1. The maximum atomic E-state index is 12.2. The van der Waals surface area contributed by atoms with E-state index >= 15 is 0 Å². The van der Waals surface area contributed by atoms with E-state index in [2.05, 4.69) is 10.2 Å². The maximum Gasteiger partial charge on any atom is 0.442 e. The molecule has 4 nitrogen and oxygen atoms in total. The molecule has 1 aliphatic rings. The van der Waals surface area contributed by atoms with Gasteiger partial charge in [-0.15, -0.1) is 0 Å². The smallest absolute Gasteiger partial charge is 0.379 e. The molecule has 1 fully saturated rings. The Kier molecular flexibility index (Phi) is 6.94. The molecule has 1 aromatic carbocycles. The van der Waals surface area contributed by atoms with Gasteiger partial charge in [-0.3, -0.25) is 9.69 Å². The van der Waals surface area contributed by atoms with Gasteiger partial charge >= 0.3 is 5.51 Å². The summed E-state index contributed by atoms with van der Waals surface area (Å²) in [4.78, 5) is 13.9. The predicted molar refractivity (Wildman–Crippen MR) is 87.8 cm³/mol. The fraction of sp³-hybridized carbons (Fsp3) is 0.562. The Balaban J connectivity index is 1.98. The molecular weight excluding hydrogens is 341 g/mol. The van der Waals surface area contributed by atoms with Crippen LogP contribution in [0.4, 0.5) is 13.2 Å². The first kappa shape index (κ1) is 19.1. The number of ether oxygens (including phenoxy) is 1. The Morgan fingerprint density at radius 1 is 1.29 bits per heavy atom. The van der Waals surface area contributed by atoms with Crippen molar-refractivity contribution in [2.75, 3.05) is 38.6 Å². The van der Waals surface area contributed by atoms with Gasteiger partial charge in [0, 0.05) is 19.6 Å². The highest BCUT2D eigenvalue weighted by molar-refractivity contribution is 8.00. The first-order valence-corrected chi connectivity index (χ1v) is 8.69. The number of aryl methyl sites for hydroxylation is 1. The van der Waals surface area contributed by atoms with Gasteiger partial charge in [0.05, 0.1) is 25.0 Å². The second-order valence-electron chi connectivity index (χ2n) is 5.61. The van der Waals surface area contributed by atoms with Gasteiger partial charge in [-0.2, -0.15) is 13.2 Å². The summed E-state index contributed by atoms with van der Waals surface area (Å²) in [5.74, 6) is -1.23. The molecule has 2 rings (SSSR count). The quantitative estimate of drug-likeness (QED) is 0.845. The maximum absolute atomic E-state index is 12.2. The molecule has 0 spiro atoms. The lowest BCUT2D eigenvalue weighted by molar-refractivity contribution is -0.119. The lowest BCUT2D eigenvalue weighted by atomic mass is 10.0. The minimum Gasteiger partial charge on any atom is -0.379 e. The fourth-order valence-electron chi connectivity index (χ4n) is 2.54. The Bertz CT molecular complexity index is 531. The fourth-order valence-corrected chi connectivity index (χ4v) is 2.94. The number of alkyl halides is 3. The number of morpholine rings is 1. The van der Waals surface area contributed by atoms with E-state index in [-0.39, 0.29) is 24.3 Å². The third-order valence-electron chi connectivity index (χ3n) is 3.81. The van der Waals surface area contributed by atoms with Crippen LogP contribution in [-0.4, -0.2) is 54.9 Å². The predicted octanol–water partition coefficient (Wildman–Crippen LogP) is 2.74. The van der Waals surface area contributed by atoms with E-state index < -0.39 is 17.2 Å².